The molecule has 1 atom stereocenters. The number of hydrogen-bond donors (Lipinski definition) is 1. The fourth-order valence-corrected chi connectivity index (χ4v) is 4.10. The van der Waals surface area contributed by atoms with E-state index < -0.39 is 12.0 Å². The average Bonchev–Trinajstić information content (AvgIpc) is 3.16. The summed E-state index contributed by atoms with van der Waals surface area (Å²) >= 11 is 1.55. The van der Waals surface area contributed by atoms with Crippen LogP contribution in [0.15, 0.2) is 18.2 Å². The molecule has 0 radical (unpaired) electrons. The van der Waals surface area contributed by atoms with Crippen LogP contribution in [-0.2, 0) is 24.4 Å². The maximum atomic E-state index is 11.7. The van der Waals surface area contributed by atoms with E-state index in [0.717, 1.165) is 32.6 Å². The summed E-state index contributed by atoms with van der Waals surface area (Å²) in [6.45, 7) is 3.09. The number of rotatable bonds is 4. The van der Waals surface area contributed by atoms with Crippen molar-refractivity contribution in [3.8, 4) is 5.75 Å². The smallest absolute Gasteiger partial charge is 0.322 e. The highest BCUT2D eigenvalue weighted by molar-refractivity contribution is 7.18. The summed E-state index contributed by atoms with van der Waals surface area (Å²) in [4.78, 5) is 18.2. The molecule has 25 heavy (non-hydrogen) atoms. The van der Waals surface area contributed by atoms with Crippen molar-refractivity contribution in [1.29, 1.82) is 0 Å². The van der Waals surface area contributed by atoms with Gasteiger partial charge in [0.1, 0.15) is 28.4 Å². The summed E-state index contributed by atoms with van der Waals surface area (Å²) in [5.74, 6) is 1.47. The molecule has 0 bridgehead atoms. The van der Waals surface area contributed by atoms with Crippen LogP contribution in [0.1, 0.15) is 16.7 Å². The number of ether oxygens (including phenoxy) is 1. The van der Waals surface area contributed by atoms with Gasteiger partial charge in [0.25, 0.3) is 0 Å². The third kappa shape index (κ3) is 2.85. The Kier molecular flexibility index (Phi) is 3.89. The quantitative estimate of drug-likeness (QED) is 0.757. The summed E-state index contributed by atoms with van der Waals surface area (Å²) in [6, 6.07) is 5.11. The van der Waals surface area contributed by atoms with Crippen molar-refractivity contribution in [2.45, 2.75) is 32.6 Å². The number of thiazole rings is 1. The van der Waals surface area contributed by atoms with Gasteiger partial charge in [-0.2, -0.15) is 0 Å². The second-order valence-corrected chi connectivity index (χ2v) is 7.09. The van der Waals surface area contributed by atoms with Gasteiger partial charge >= 0.3 is 5.97 Å². The molecule has 3 heterocycles. The van der Waals surface area contributed by atoms with E-state index in [0.29, 0.717) is 19.6 Å². The number of aryl methyl sites for hydroxylation is 1. The van der Waals surface area contributed by atoms with Gasteiger partial charge in [0.05, 0.1) is 37.0 Å². The van der Waals surface area contributed by atoms with Gasteiger partial charge in [-0.25, -0.2) is 4.98 Å². The van der Waals surface area contributed by atoms with E-state index >= 15 is 0 Å². The molecule has 0 aliphatic carbocycles. The number of benzene rings is 1. The van der Waals surface area contributed by atoms with Crippen LogP contribution in [0.5, 0.6) is 5.75 Å². The third-order valence-corrected chi connectivity index (χ3v) is 5.42. The second-order valence-electron chi connectivity index (χ2n) is 5.97. The highest BCUT2D eigenvalue weighted by Crippen LogP contribution is 2.28. The molecule has 8 nitrogen and oxygen atoms in total. The molecule has 0 amide bonds. The number of aromatic nitrogens is 4. The Morgan fingerprint density at radius 1 is 1.44 bits per heavy atom. The van der Waals surface area contributed by atoms with Crippen LogP contribution in [-0.4, -0.2) is 48.9 Å². The van der Waals surface area contributed by atoms with Gasteiger partial charge < -0.3 is 14.4 Å². The van der Waals surface area contributed by atoms with E-state index in [4.69, 9.17) is 4.74 Å². The SMILES string of the molecule is COc1ccc2nc(CN3Cc4nnc(C)n4CC3C(=O)O)sc2c1. The van der Waals surface area contributed by atoms with Gasteiger partial charge in [-0.05, 0) is 25.1 Å². The summed E-state index contributed by atoms with van der Waals surface area (Å²) in [5.41, 5.74) is 0.892. The van der Waals surface area contributed by atoms with Crippen molar-refractivity contribution in [2.24, 2.45) is 0 Å². The second kappa shape index (κ2) is 6.08. The fourth-order valence-electron chi connectivity index (χ4n) is 3.08. The van der Waals surface area contributed by atoms with E-state index in [9.17, 15) is 9.90 Å². The first-order valence-electron chi connectivity index (χ1n) is 7.84. The number of fused-ring (bicyclic) bond motifs is 2. The molecule has 0 saturated carbocycles. The van der Waals surface area contributed by atoms with Crippen LogP contribution in [0.3, 0.4) is 0 Å². The average molecular weight is 359 g/mol. The predicted molar refractivity (Wildman–Crippen MR) is 91.6 cm³/mol. The highest BCUT2D eigenvalue weighted by Gasteiger charge is 2.33. The van der Waals surface area contributed by atoms with Crippen molar-refractivity contribution < 1.29 is 14.6 Å². The zero-order valence-electron chi connectivity index (χ0n) is 13.8. The minimum Gasteiger partial charge on any atom is -0.497 e. The van der Waals surface area contributed by atoms with Gasteiger partial charge in [-0.1, -0.05) is 0 Å². The minimum atomic E-state index is -0.846. The molecule has 3 aromatic rings. The molecule has 0 saturated heterocycles. The summed E-state index contributed by atoms with van der Waals surface area (Å²) in [6.07, 6.45) is 0. The summed E-state index contributed by atoms with van der Waals surface area (Å²) < 4.78 is 8.14. The molecule has 1 aliphatic rings. The molecule has 1 aromatic carbocycles. The van der Waals surface area contributed by atoms with Crippen LogP contribution in [0.25, 0.3) is 10.2 Å². The Balaban J connectivity index is 1.63. The zero-order valence-corrected chi connectivity index (χ0v) is 14.7. The lowest BCUT2D eigenvalue weighted by Crippen LogP contribution is -2.47. The third-order valence-electron chi connectivity index (χ3n) is 4.42. The first kappa shape index (κ1) is 16.0. The van der Waals surface area contributed by atoms with Crippen molar-refractivity contribution in [3.05, 3.63) is 34.9 Å². The first-order valence-corrected chi connectivity index (χ1v) is 8.66. The Bertz CT molecular complexity index is 951. The molecular weight excluding hydrogens is 342 g/mol. The lowest BCUT2D eigenvalue weighted by atomic mass is 10.2. The molecule has 1 N–H and O–H groups in total. The Morgan fingerprint density at radius 2 is 2.28 bits per heavy atom. The minimum absolute atomic E-state index is 0.349. The van der Waals surface area contributed by atoms with Gasteiger partial charge in [0, 0.05) is 0 Å². The van der Waals surface area contributed by atoms with Crippen LogP contribution in [0.2, 0.25) is 0 Å². The lowest BCUT2D eigenvalue weighted by Gasteiger charge is -2.32. The van der Waals surface area contributed by atoms with E-state index in [1.54, 1.807) is 18.4 Å². The van der Waals surface area contributed by atoms with Crippen molar-refractivity contribution >= 4 is 27.5 Å². The van der Waals surface area contributed by atoms with Gasteiger partial charge in [0.15, 0.2) is 0 Å². The maximum absolute atomic E-state index is 11.7. The number of hydrogen-bond acceptors (Lipinski definition) is 7. The van der Waals surface area contributed by atoms with Crippen molar-refractivity contribution in [1.82, 2.24) is 24.6 Å². The summed E-state index contributed by atoms with van der Waals surface area (Å²) in [7, 11) is 1.63. The number of carboxylic acids is 1. The number of aliphatic carboxylic acids is 1. The first-order chi connectivity index (χ1) is 12.0. The molecule has 9 heteroatoms. The van der Waals surface area contributed by atoms with Crippen molar-refractivity contribution in [2.75, 3.05) is 7.11 Å². The fraction of sp³-hybridized carbons (Fsp3) is 0.375. The van der Waals surface area contributed by atoms with E-state index in [2.05, 4.69) is 15.2 Å². The number of carboxylic acid groups (broad SMARTS) is 1. The summed E-state index contributed by atoms with van der Waals surface area (Å²) in [5, 5.41) is 18.7. The molecule has 130 valence electrons. The number of nitrogens with zero attached hydrogens (tertiary/aromatic N) is 5. The number of methoxy groups -OCH3 is 1. The predicted octanol–water partition coefficient (Wildman–Crippen LogP) is 1.67. The normalized spacial score (nSPS) is 17.6. The van der Waals surface area contributed by atoms with Gasteiger partial charge in [-0.3, -0.25) is 9.69 Å². The lowest BCUT2D eigenvalue weighted by molar-refractivity contribution is -0.145. The van der Waals surface area contributed by atoms with Crippen molar-refractivity contribution in [3.63, 3.8) is 0 Å². The van der Waals surface area contributed by atoms with Gasteiger partial charge in [0.2, 0.25) is 0 Å². The molecule has 1 unspecified atom stereocenters. The molecule has 1 aliphatic heterocycles. The maximum Gasteiger partial charge on any atom is 0.322 e. The van der Waals surface area contributed by atoms with Gasteiger partial charge in [-0.15, -0.1) is 21.5 Å². The largest absolute Gasteiger partial charge is 0.497 e. The molecule has 0 spiro atoms. The van der Waals surface area contributed by atoms with Crippen LogP contribution >= 0.6 is 11.3 Å². The number of carbonyl (C=O) groups is 1. The zero-order chi connectivity index (χ0) is 17.6. The Hall–Kier alpha value is -2.52. The molecule has 2 aromatic heterocycles. The monoisotopic (exact) mass is 359 g/mol. The molecule has 0 fully saturated rings. The molecular formula is C16H17N5O3S. The topological polar surface area (TPSA) is 93.4 Å². The Morgan fingerprint density at radius 3 is 3.04 bits per heavy atom. The van der Waals surface area contributed by atoms with Crippen LogP contribution in [0.4, 0.5) is 0 Å². The van der Waals surface area contributed by atoms with E-state index in [1.807, 2.05) is 34.6 Å². The van der Waals surface area contributed by atoms with Crippen LogP contribution in [0, 0.1) is 6.92 Å². The standard InChI is InChI=1S/C16H17N5O3S/c1-9-18-19-14-7-20(12(16(22)23)6-21(9)14)8-15-17-11-4-3-10(24-2)5-13(11)25-15/h3-5,12H,6-8H2,1-2H3,(H,22,23). The highest BCUT2D eigenvalue weighted by atomic mass is 32.1. The van der Waals surface area contributed by atoms with Crippen LogP contribution < -0.4 is 4.74 Å². The Labute approximate surface area is 147 Å². The van der Waals surface area contributed by atoms with E-state index in [1.165, 1.54) is 0 Å². The van der Waals surface area contributed by atoms with E-state index in [-0.39, 0.29) is 0 Å². The molecule has 4 rings (SSSR count).